The van der Waals surface area contributed by atoms with Crippen molar-refractivity contribution in [2.45, 2.75) is 18.6 Å². The minimum atomic E-state index is -0.232. The quantitative estimate of drug-likeness (QED) is 0.334. The fourth-order valence-corrected chi connectivity index (χ4v) is 3.56. The average molecular weight is 430 g/mol. The standard InChI is InChI=1S/C20H20ClN5O2S/c1-3-26-19(15-7-9-17(28-2)10-8-15)24-25-20(26)29-13-18(27)23-22-12-14-5-4-6-16(21)11-14/h4-12H,3,13H2,1-2H3,(H,23,27). The van der Waals surface area contributed by atoms with Gasteiger partial charge in [0.05, 0.1) is 19.1 Å². The molecule has 1 heterocycles. The second-order valence-corrected chi connectivity index (χ2v) is 7.29. The number of thioether (sulfide) groups is 1. The van der Waals surface area contributed by atoms with Crippen LogP contribution >= 0.6 is 23.4 Å². The molecule has 9 heteroatoms. The number of hydrogen-bond acceptors (Lipinski definition) is 6. The van der Waals surface area contributed by atoms with E-state index in [9.17, 15) is 4.79 Å². The third kappa shape index (κ3) is 5.58. The van der Waals surface area contributed by atoms with Gasteiger partial charge < -0.3 is 9.30 Å². The lowest BCUT2D eigenvalue weighted by molar-refractivity contribution is -0.118. The van der Waals surface area contributed by atoms with Crippen LogP contribution in [-0.4, -0.2) is 39.7 Å². The van der Waals surface area contributed by atoms with Crippen molar-refractivity contribution >= 4 is 35.5 Å². The van der Waals surface area contributed by atoms with Crippen LogP contribution in [0.15, 0.2) is 58.8 Å². The Balaban J connectivity index is 1.60. The molecule has 29 heavy (non-hydrogen) atoms. The summed E-state index contributed by atoms with van der Waals surface area (Å²) in [6.45, 7) is 2.70. The summed E-state index contributed by atoms with van der Waals surface area (Å²) in [5.74, 6) is 1.47. The second-order valence-electron chi connectivity index (χ2n) is 5.92. The first-order valence-corrected chi connectivity index (χ1v) is 10.2. The Morgan fingerprint density at radius 3 is 2.76 bits per heavy atom. The zero-order chi connectivity index (χ0) is 20.6. The Bertz CT molecular complexity index is 1000. The first-order valence-electron chi connectivity index (χ1n) is 8.88. The van der Waals surface area contributed by atoms with E-state index in [0.717, 1.165) is 22.7 Å². The van der Waals surface area contributed by atoms with E-state index in [1.54, 1.807) is 25.5 Å². The predicted octanol–water partition coefficient (Wildman–Crippen LogP) is 3.87. The van der Waals surface area contributed by atoms with E-state index in [4.69, 9.17) is 16.3 Å². The van der Waals surface area contributed by atoms with Crippen molar-refractivity contribution < 1.29 is 9.53 Å². The number of carbonyl (C=O) groups is 1. The van der Waals surface area contributed by atoms with Crippen molar-refractivity contribution in [2.75, 3.05) is 12.9 Å². The van der Waals surface area contributed by atoms with Crippen molar-refractivity contribution in [1.29, 1.82) is 0 Å². The molecule has 2 aromatic carbocycles. The average Bonchev–Trinajstić information content (AvgIpc) is 3.15. The molecule has 0 bridgehead atoms. The molecule has 1 aromatic heterocycles. The number of nitrogens with one attached hydrogen (secondary N) is 1. The lowest BCUT2D eigenvalue weighted by Crippen LogP contribution is -2.20. The van der Waals surface area contributed by atoms with Crippen molar-refractivity contribution in [3.05, 3.63) is 59.1 Å². The van der Waals surface area contributed by atoms with E-state index >= 15 is 0 Å². The first kappa shape index (κ1) is 20.9. The minimum Gasteiger partial charge on any atom is -0.497 e. The lowest BCUT2D eigenvalue weighted by atomic mass is 10.2. The van der Waals surface area contributed by atoms with Gasteiger partial charge in [0.15, 0.2) is 11.0 Å². The number of benzene rings is 2. The molecular weight excluding hydrogens is 410 g/mol. The number of ether oxygens (including phenoxy) is 1. The molecule has 0 saturated carbocycles. The molecule has 3 rings (SSSR count). The van der Waals surface area contributed by atoms with E-state index in [1.807, 2.05) is 47.9 Å². The Kier molecular flexibility index (Phi) is 7.26. The molecule has 7 nitrogen and oxygen atoms in total. The maximum atomic E-state index is 12.1. The molecule has 1 N–H and O–H groups in total. The van der Waals surface area contributed by atoms with Crippen LogP contribution in [0, 0.1) is 0 Å². The largest absolute Gasteiger partial charge is 0.497 e. The molecular formula is C20H20ClN5O2S. The molecule has 0 radical (unpaired) electrons. The summed E-state index contributed by atoms with van der Waals surface area (Å²) < 4.78 is 7.16. The van der Waals surface area contributed by atoms with Crippen LogP contribution in [0.5, 0.6) is 5.75 Å². The number of rotatable bonds is 8. The number of hydrogen-bond donors (Lipinski definition) is 1. The summed E-state index contributed by atoms with van der Waals surface area (Å²) in [6.07, 6.45) is 1.55. The monoisotopic (exact) mass is 429 g/mol. The van der Waals surface area contributed by atoms with Gasteiger partial charge in [-0.3, -0.25) is 4.79 Å². The van der Waals surface area contributed by atoms with Crippen LogP contribution in [0.2, 0.25) is 5.02 Å². The van der Waals surface area contributed by atoms with Gasteiger partial charge in [-0.1, -0.05) is 35.5 Å². The van der Waals surface area contributed by atoms with Crippen LogP contribution in [0.3, 0.4) is 0 Å². The Labute approximate surface area is 178 Å². The number of methoxy groups -OCH3 is 1. The van der Waals surface area contributed by atoms with Crippen LogP contribution in [-0.2, 0) is 11.3 Å². The van der Waals surface area contributed by atoms with Crippen molar-refractivity contribution in [1.82, 2.24) is 20.2 Å². The van der Waals surface area contributed by atoms with Gasteiger partial charge in [-0.2, -0.15) is 5.10 Å². The van der Waals surface area contributed by atoms with E-state index in [2.05, 4.69) is 20.7 Å². The molecule has 3 aromatic rings. The number of halogens is 1. The fourth-order valence-electron chi connectivity index (χ4n) is 2.56. The van der Waals surface area contributed by atoms with E-state index in [1.165, 1.54) is 11.8 Å². The molecule has 0 aliphatic rings. The zero-order valence-electron chi connectivity index (χ0n) is 16.0. The highest BCUT2D eigenvalue weighted by Gasteiger charge is 2.14. The molecule has 0 fully saturated rings. The lowest BCUT2D eigenvalue weighted by Gasteiger charge is -2.07. The van der Waals surface area contributed by atoms with E-state index in [-0.39, 0.29) is 11.7 Å². The van der Waals surface area contributed by atoms with Crippen LogP contribution in [0.1, 0.15) is 12.5 Å². The van der Waals surface area contributed by atoms with Crippen molar-refractivity contribution in [3.8, 4) is 17.1 Å². The van der Waals surface area contributed by atoms with Crippen LogP contribution in [0.25, 0.3) is 11.4 Å². The molecule has 0 unspecified atom stereocenters. The van der Waals surface area contributed by atoms with E-state index < -0.39 is 0 Å². The van der Waals surface area contributed by atoms with Crippen molar-refractivity contribution in [3.63, 3.8) is 0 Å². The molecule has 0 saturated heterocycles. The summed E-state index contributed by atoms with van der Waals surface area (Å²) in [6, 6.07) is 14.8. The third-order valence-corrected chi connectivity index (χ3v) is 5.17. The SMILES string of the molecule is CCn1c(SCC(=O)NN=Cc2cccc(Cl)c2)nnc1-c1ccc(OC)cc1. The highest BCUT2D eigenvalue weighted by Crippen LogP contribution is 2.25. The molecule has 0 spiro atoms. The number of carbonyl (C=O) groups excluding carboxylic acids is 1. The van der Waals surface area contributed by atoms with Crippen LogP contribution < -0.4 is 10.2 Å². The molecule has 0 aliphatic heterocycles. The van der Waals surface area contributed by atoms with Gasteiger partial charge in [0.2, 0.25) is 0 Å². The zero-order valence-corrected chi connectivity index (χ0v) is 17.6. The highest BCUT2D eigenvalue weighted by atomic mass is 35.5. The maximum Gasteiger partial charge on any atom is 0.250 e. The Morgan fingerprint density at radius 1 is 1.28 bits per heavy atom. The predicted molar refractivity (Wildman–Crippen MR) is 116 cm³/mol. The summed E-state index contributed by atoms with van der Waals surface area (Å²) >= 11 is 7.23. The van der Waals surface area contributed by atoms with Gasteiger partial charge in [-0.05, 0) is 48.9 Å². The maximum absolute atomic E-state index is 12.1. The third-order valence-electron chi connectivity index (χ3n) is 3.97. The number of aromatic nitrogens is 3. The van der Waals surface area contributed by atoms with Gasteiger partial charge >= 0.3 is 0 Å². The topological polar surface area (TPSA) is 81.4 Å². The van der Waals surface area contributed by atoms with Crippen molar-refractivity contribution in [2.24, 2.45) is 5.10 Å². The minimum absolute atomic E-state index is 0.174. The van der Waals surface area contributed by atoms with E-state index in [0.29, 0.717) is 16.7 Å². The first-order chi connectivity index (χ1) is 14.1. The Morgan fingerprint density at radius 2 is 2.07 bits per heavy atom. The normalized spacial score (nSPS) is 11.0. The molecule has 150 valence electrons. The Hall–Kier alpha value is -2.84. The molecule has 1 amide bonds. The second kappa shape index (κ2) is 10.1. The number of hydrazone groups is 1. The number of amides is 1. The van der Waals surface area contributed by atoms with Crippen LogP contribution in [0.4, 0.5) is 0 Å². The van der Waals surface area contributed by atoms with Gasteiger partial charge in [-0.25, -0.2) is 5.43 Å². The smallest absolute Gasteiger partial charge is 0.250 e. The highest BCUT2D eigenvalue weighted by molar-refractivity contribution is 7.99. The molecule has 0 atom stereocenters. The summed E-state index contributed by atoms with van der Waals surface area (Å²) in [5, 5.41) is 13.7. The number of nitrogens with zero attached hydrogens (tertiary/aromatic N) is 4. The van der Waals surface area contributed by atoms with Gasteiger partial charge in [0.25, 0.3) is 5.91 Å². The van der Waals surface area contributed by atoms with Gasteiger partial charge in [0.1, 0.15) is 5.75 Å². The van der Waals surface area contributed by atoms with Gasteiger partial charge in [0, 0.05) is 17.1 Å². The fraction of sp³-hybridized carbons (Fsp3) is 0.200. The summed E-state index contributed by atoms with van der Waals surface area (Å²) in [7, 11) is 1.63. The van der Waals surface area contributed by atoms with Gasteiger partial charge in [-0.15, -0.1) is 10.2 Å². The molecule has 0 aliphatic carbocycles. The summed E-state index contributed by atoms with van der Waals surface area (Å²) in [4.78, 5) is 12.1. The summed E-state index contributed by atoms with van der Waals surface area (Å²) in [5.41, 5.74) is 4.24.